The molecule has 29 heavy (non-hydrogen) atoms. The van der Waals surface area contributed by atoms with E-state index in [1.54, 1.807) is 7.11 Å². The van der Waals surface area contributed by atoms with Gasteiger partial charge >= 0.3 is 0 Å². The Hall–Kier alpha value is -1.64. The number of hydrogen-bond donors (Lipinski definition) is 0. The van der Waals surface area contributed by atoms with Crippen molar-refractivity contribution in [1.29, 1.82) is 0 Å². The lowest BCUT2D eigenvalue weighted by atomic mass is 10.2. The van der Waals surface area contributed by atoms with Crippen molar-refractivity contribution in [3.05, 3.63) is 60.7 Å². The molecular weight excluding hydrogens is 374 g/mol. The summed E-state index contributed by atoms with van der Waals surface area (Å²) in [6.07, 6.45) is 8.27. The van der Waals surface area contributed by atoms with Crippen LogP contribution in [0.5, 0.6) is 0 Å². The van der Waals surface area contributed by atoms with E-state index in [1.807, 2.05) is 0 Å². The van der Waals surface area contributed by atoms with Gasteiger partial charge in [-0.25, -0.2) is 0 Å². The van der Waals surface area contributed by atoms with Crippen LogP contribution in [0.1, 0.15) is 39.0 Å². The van der Waals surface area contributed by atoms with Crippen LogP contribution in [0.2, 0.25) is 0 Å². The number of unbranched alkanes of at least 4 members (excludes halogenated alkanes) is 1. The lowest BCUT2D eigenvalue weighted by Crippen LogP contribution is -2.30. The van der Waals surface area contributed by atoms with E-state index in [2.05, 4.69) is 78.8 Å². The lowest BCUT2D eigenvalue weighted by Gasteiger charge is -2.27. The molecule has 0 N–H and O–H groups in total. The second kappa shape index (κ2) is 12.8. The summed E-state index contributed by atoms with van der Waals surface area (Å²) in [7, 11) is 1.31. The fraction of sp³-hybridized carbons (Fsp3) is 0.458. The minimum absolute atomic E-state index is 0. The Kier molecular flexibility index (Phi) is 10.5. The van der Waals surface area contributed by atoms with Gasteiger partial charge < -0.3 is 4.74 Å². The number of hydrazone groups is 1. The van der Waals surface area contributed by atoms with Crippen LogP contribution in [0.25, 0.3) is 0 Å². The maximum atomic E-state index is 5.40. The summed E-state index contributed by atoms with van der Waals surface area (Å²) in [5, 5.41) is 10.1. The molecule has 1 aliphatic rings. The van der Waals surface area contributed by atoms with E-state index in [1.165, 1.54) is 42.7 Å². The van der Waals surface area contributed by atoms with Crippen LogP contribution in [0.4, 0.5) is 0 Å². The highest BCUT2D eigenvalue weighted by atomic mass is 31.1. The molecule has 0 aromatic heterocycles. The Morgan fingerprint density at radius 3 is 2.28 bits per heavy atom. The molecular formula is C24H33BN2OP. The van der Waals surface area contributed by atoms with Crippen molar-refractivity contribution in [1.82, 2.24) is 5.01 Å². The summed E-state index contributed by atoms with van der Waals surface area (Å²) in [6, 6.07) is 22.4. The second-order valence-corrected chi connectivity index (χ2v) is 9.87. The molecule has 0 saturated carbocycles. The van der Waals surface area contributed by atoms with Gasteiger partial charge in [-0.3, -0.25) is 5.01 Å². The second-order valence-electron chi connectivity index (χ2n) is 7.43. The smallest absolute Gasteiger partial charge is 0.0704 e. The molecule has 1 saturated heterocycles. The van der Waals surface area contributed by atoms with Gasteiger partial charge in [0.15, 0.2) is 0 Å². The van der Waals surface area contributed by atoms with Crippen molar-refractivity contribution in [3.63, 3.8) is 0 Å². The highest BCUT2D eigenvalue weighted by Gasteiger charge is 2.26. The number of nitrogens with zero attached hydrogens (tertiary/aromatic N) is 2. The predicted octanol–water partition coefficient (Wildman–Crippen LogP) is 4.39. The van der Waals surface area contributed by atoms with Crippen LogP contribution >= 0.6 is 7.92 Å². The van der Waals surface area contributed by atoms with Crippen molar-refractivity contribution in [2.75, 3.05) is 20.3 Å². The van der Waals surface area contributed by atoms with E-state index in [0.29, 0.717) is 11.7 Å². The zero-order valence-corrected chi connectivity index (χ0v) is 18.7. The predicted molar refractivity (Wildman–Crippen MR) is 128 cm³/mol. The summed E-state index contributed by atoms with van der Waals surface area (Å²) < 4.78 is 5.40. The van der Waals surface area contributed by atoms with Crippen LogP contribution in [0.15, 0.2) is 65.8 Å². The summed E-state index contributed by atoms with van der Waals surface area (Å²) in [4.78, 5) is 0. The quantitative estimate of drug-likeness (QED) is 0.332. The zero-order valence-electron chi connectivity index (χ0n) is 17.8. The first-order valence-electron chi connectivity index (χ1n) is 10.5. The summed E-state index contributed by atoms with van der Waals surface area (Å²) in [5.41, 5.74) is 0.448. The van der Waals surface area contributed by atoms with E-state index >= 15 is 0 Å². The molecule has 2 aromatic carbocycles. The highest BCUT2D eigenvalue weighted by Crippen LogP contribution is 2.41. The molecule has 0 amide bonds. The number of ether oxygens (including phenoxy) is 1. The lowest BCUT2D eigenvalue weighted by molar-refractivity contribution is 0.118. The van der Waals surface area contributed by atoms with E-state index in [4.69, 9.17) is 9.84 Å². The summed E-state index contributed by atoms with van der Waals surface area (Å²) >= 11 is 0. The van der Waals surface area contributed by atoms with Crippen molar-refractivity contribution < 1.29 is 4.74 Å². The monoisotopic (exact) mass is 407 g/mol. The normalized spacial score (nSPS) is 17.6. The first kappa shape index (κ1) is 23.6. The molecule has 2 aromatic rings. The standard InChI is InChI=1S/C24H33N2OP.B/c1-3-4-13-24(19-25-26-18-11-12-21(26)20-27-2)28(22-14-7-5-8-15-22)23-16-9-6-10-17-23;/h5-10,14-17,19,21,24H,3-4,11-13,18,20H2,1-2H3;/b25-19-;/t21-,24+;/m0./s1. The third-order valence-corrected chi connectivity index (χ3v) is 8.11. The van der Waals surface area contributed by atoms with Crippen molar-refractivity contribution in [2.45, 2.75) is 50.7 Å². The molecule has 0 spiro atoms. The van der Waals surface area contributed by atoms with Gasteiger partial charge in [0.05, 0.1) is 12.6 Å². The van der Waals surface area contributed by atoms with Crippen molar-refractivity contribution in [3.8, 4) is 0 Å². The molecule has 5 heteroatoms. The minimum atomic E-state index is -0.476. The fourth-order valence-electron chi connectivity index (χ4n) is 3.89. The van der Waals surface area contributed by atoms with Crippen LogP contribution < -0.4 is 10.6 Å². The molecule has 3 nitrogen and oxygen atoms in total. The number of methoxy groups -OCH3 is 1. The van der Waals surface area contributed by atoms with E-state index in [9.17, 15) is 0 Å². The zero-order chi connectivity index (χ0) is 19.6. The Morgan fingerprint density at radius 1 is 1.10 bits per heavy atom. The molecule has 1 fully saturated rings. The number of rotatable bonds is 10. The number of benzene rings is 2. The highest BCUT2D eigenvalue weighted by molar-refractivity contribution is 7.74. The van der Waals surface area contributed by atoms with E-state index in [-0.39, 0.29) is 8.41 Å². The topological polar surface area (TPSA) is 24.8 Å². The average molecular weight is 407 g/mol. The Balaban J connectivity index is 0.00000300. The Bertz CT molecular complexity index is 674. The first-order chi connectivity index (χ1) is 13.8. The van der Waals surface area contributed by atoms with Gasteiger partial charge in [-0.05, 0) is 37.8 Å². The molecule has 2 atom stereocenters. The summed E-state index contributed by atoms with van der Waals surface area (Å²) in [6.45, 7) is 4.08. The van der Waals surface area contributed by atoms with Crippen LogP contribution in [0.3, 0.4) is 0 Å². The Morgan fingerprint density at radius 2 is 1.72 bits per heavy atom. The SMILES string of the molecule is CCCC[C@H](/C=N\N1CCC[C@H]1COC)P(c1ccccc1)c1ccccc1.[B]. The van der Waals surface area contributed by atoms with Gasteiger partial charge in [-0.15, -0.1) is 0 Å². The van der Waals surface area contributed by atoms with Gasteiger partial charge in [0.1, 0.15) is 0 Å². The van der Waals surface area contributed by atoms with Crippen LogP contribution in [0, 0.1) is 0 Å². The van der Waals surface area contributed by atoms with Crippen LogP contribution in [-0.2, 0) is 4.74 Å². The minimum Gasteiger partial charge on any atom is -0.382 e. The molecule has 1 aliphatic heterocycles. The maximum absolute atomic E-state index is 5.40. The average Bonchev–Trinajstić information content (AvgIpc) is 3.19. The van der Waals surface area contributed by atoms with Crippen LogP contribution in [-0.4, -0.2) is 51.6 Å². The van der Waals surface area contributed by atoms with Gasteiger partial charge in [-0.1, -0.05) is 80.4 Å². The van der Waals surface area contributed by atoms with Gasteiger partial charge in [0.2, 0.25) is 0 Å². The van der Waals surface area contributed by atoms with Gasteiger partial charge in [0, 0.05) is 33.9 Å². The largest absolute Gasteiger partial charge is 0.382 e. The molecule has 3 rings (SSSR count). The fourth-order valence-corrected chi connectivity index (χ4v) is 6.57. The molecule has 3 radical (unpaired) electrons. The third kappa shape index (κ3) is 6.69. The first-order valence-corrected chi connectivity index (χ1v) is 11.9. The molecule has 0 unspecified atom stereocenters. The molecule has 0 aliphatic carbocycles. The van der Waals surface area contributed by atoms with Gasteiger partial charge in [-0.2, -0.15) is 5.10 Å². The molecule has 1 heterocycles. The number of hydrogen-bond acceptors (Lipinski definition) is 3. The molecule has 153 valence electrons. The Labute approximate surface area is 179 Å². The molecule has 0 bridgehead atoms. The van der Waals surface area contributed by atoms with Crippen molar-refractivity contribution >= 4 is 33.2 Å². The third-order valence-electron chi connectivity index (χ3n) is 5.35. The van der Waals surface area contributed by atoms with E-state index in [0.717, 1.165) is 13.2 Å². The summed E-state index contributed by atoms with van der Waals surface area (Å²) in [5.74, 6) is 0. The van der Waals surface area contributed by atoms with Gasteiger partial charge in [0.25, 0.3) is 0 Å². The maximum Gasteiger partial charge on any atom is 0.0704 e. The van der Waals surface area contributed by atoms with E-state index < -0.39 is 7.92 Å². The van der Waals surface area contributed by atoms with Crippen molar-refractivity contribution in [2.24, 2.45) is 5.10 Å².